The van der Waals surface area contributed by atoms with Crippen LogP contribution in [0.25, 0.3) is 0 Å². The minimum Gasteiger partial charge on any atom is -0.327 e. The largest absolute Gasteiger partial charge is 0.327 e. The van der Waals surface area contributed by atoms with Crippen molar-refractivity contribution in [3.05, 3.63) is 106 Å². The number of carbonyl (C=O) groups excluding carboxylic acids is 1. The van der Waals surface area contributed by atoms with Gasteiger partial charge in [0.05, 0.1) is 10.8 Å². The molecular formula is C21H17N3O3S. The maximum absolute atomic E-state index is 13.0. The minimum atomic E-state index is -0.562. The second-order valence-electron chi connectivity index (χ2n) is 5.97. The van der Waals surface area contributed by atoms with Crippen LogP contribution >= 0.6 is 12.2 Å². The Kier molecular flexibility index (Phi) is 6.08. The fourth-order valence-corrected chi connectivity index (χ4v) is 3.07. The second kappa shape index (κ2) is 8.88. The molecule has 0 heterocycles. The van der Waals surface area contributed by atoms with Crippen LogP contribution in [-0.2, 0) is 4.79 Å². The molecule has 0 saturated heterocycles. The Morgan fingerprint density at radius 3 is 1.89 bits per heavy atom. The van der Waals surface area contributed by atoms with Gasteiger partial charge in [0.2, 0.25) is 5.91 Å². The van der Waals surface area contributed by atoms with E-state index in [2.05, 4.69) is 10.6 Å². The average Bonchev–Trinajstić information content (AvgIpc) is 2.70. The van der Waals surface area contributed by atoms with Crippen molar-refractivity contribution in [1.82, 2.24) is 5.32 Å². The summed E-state index contributed by atoms with van der Waals surface area (Å²) in [6, 6.07) is 24.8. The van der Waals surface area contributed by atoms with Crippen LogP contribution in [0, 0.1) is 10.1 Å². The predicted octanol–water partition coefficient (Wildman–Crippen LogP) is 4.24. The van der Waals surface area contributed by atoms with Crippen molar-refractivity contribution in [2.24, 2.45) is 0 Å². The molecule has 7 heteroatoms. The summed E-state index contributed by atoms with van der Waals surface area (Å²) in [6.45, 7) is 0. The zero-order valence-electron chi connectivity index (χ0n) is 14.7. The van der Waals surface area contributed by atoms with Gasteiger partial charge in [0.1, 0.15) is 5.69 Å². The van der Waals surface area contributed by atoms with Gasteiger partial charge in [0, 0.05) is 6.07 Å². The van der Waals surface area contributed by atoms with E-state index in [0.29, 0.717) is 0 Å². The Hall–Kier alpha value is -3.58. The van der Waals surface area contributed by atoms with Gasteiger partial charge >= 0.3 is 0 Å². The third-order valence-electron chi connectivity index (χ3n) is 4.11. The summed E-state index contributed by atoms with van der Waals surface area (Å²) < 4.78 is 0. The van der Waals surface area contributed by atoms with E-state index < -0.39 is 10.8 Å². The first-order valence-electron chi connectivity index (χ1n) is 8.51. The van der Waals surface area contributed by atoms with Crippen LogP contribution < -0.4 is 10.6 Å². The Morgan fingerprint density at radius 2 is 1.36 bits per heavy atom. The van der Waals surface area contributed by atoms with Gasteiger partial charge in [-0.3, -0.25) is 14.9 Å². The molecule has 28 heavy (non-hydrogen) atoms. The Bertz CT molecular complexity index is 955. The lowest BCUT2D eigenvalue weighted by Crippen LogP contribution is -2.38. The van der Waals surface area contributed by atoms with Crippen LogP contribution in [0.2, 0.25) is 0 Å². The molecule has 0 aliphatic carbocycles. The molecule has 2 N–H and O–H groups in total. The molecule has 3 aromatic carbocycles. The first kappa shape index (κ1) is 19.2. The summed E-state index contributed by atoms with van der Waals surface area (Å²) >= 11 is 5.21. The number of nitro groups is 1. The molecule has 0 aliphatic rings. The maximum Gasteiger partial charge on any atom is 0.292 e. The molecule has 0 radical (unpaired) electrons. The average molecular weight is 391 g/mol. The zero-order chi connectivity index (χ0) is 19.9. The molecule has 0 spiro atoms. The lowest BCUT2D eigenvalue weighted by Gasteiger charge is -2.18. The van der Waals surface area contributed by atoms with Crippen LogP contribution in [0.3, 0.4) is 0 Å². The Balaban J connectivity index is 1.81. The number of hydrogen-bond donors (Lipinski definition) is 2. The van der Waals surface area contributed by atoms with E-state index >= 15 is 0 Å². The lowest BCUT2D eigenvalue weighted by molar-refractivity contribution is -0.383. The van der Waals surface area contributed by atoms with Crippen molar-refractivity contribution in [2.45, 2.75) is 5.92 Å². The molecule has 3 rings (SSSR count). The van der Waals surface area contributed by atoms with Gasteiger partial charge in [-0.05, 0) is 29.4 Å². The van der Waals surface area contributed by atoms with Crippen LogP contribution in [0.15, 0.2) is 84.9 Å². The van der Waals surface area contributed by atoms with Crippen molar-refractivity contribution < 1.29 is 9.72 Å². The van der Waals surface area contributed by atoms with Gasteiger partial charge in [0.25, 0.3) is 5.69 Å². The number of benzene rings is 3. The highest BCUT2D eigenvalue weighted by Crippen LogP contribution is 2.26. The smallest absolute Gasteiger partial charge is 0.292 e. The third kappa shape index (κ3) is 4.57. The SMILES string of the molecule is O=C(NC(=S)Nc1ccccc1[N+](=O)[O-])C(c1ccccc1)c1ccccc1. The highest BCUT2D eigenvalue weighted by molar-refractivity contribution is 7.80. The molecule has 3 aromatic rings. The molecule has 0 fully saturated rings. The van der Waals surface area contributed by atoms with Gasteiger partial charge in [-0.1, -0.05) is 72.8 Å². The molecule has 0 unspecified atom stereocenters. The van der Waals surface area contributed by atoms with E-state index in [1.54, 1.807) is 12.1 Å². The highest BCUT2D eigenvalue weighted by Gasteiger charge is 2.24. The summed E-state index contributed by atoms with van der Waals surface area (Å²) in [5, 5.41) is 16.5. The standard InChI is InChI=1S/C21H17N3O3S/c25-20(23-21(28)22-17-13-7-8-14-18(17)24(26)27)19(15-9-3-1-4-10-15)16-11-5-2-6-12-16/h1-14,19H,(H2,22,23,25,28). The number of carbonyl (C=O) groups is 1. The molecule has 1 amide bonds. The van der Waals surface area contributed by atoms with E-state index in [1.807, 2.05) is 60.7 Å². The second-order valence-corrected chi connectivity index (χ2v) is 6.38. The number of thiocarbonyl (C=S) groups is 1. The number of nitrogens with one attached hydrogen (secondary N) is 2. The van der Waals surface area contributed by atoms with Crippen molar-refractivity contribution in [1.29, 1.82) is 0 Å². The first-order valence-corrected chi connectivity index (χ1v) is 8.92. The summed E-state index contributed by atoms with van der Waals surface area (Å²) in [4.78, 5) is 23.6. The van der Waals surface area contributed by atoms with Crippen LogP contribution in [0.5, 0.6) is 0 Å². The Labute approximate surface area is 167 Å². The molecule has 6 nitrogen and oxygen atoms in total. The zero-order valence-corrected chi connectivity index (χ0v) is 15.6. The van der Waals surface area contributed by atoms with E-state index in [0.717, 1.165) is 11.1 Å². The predicted molar refractivity (Wildman–Crippen MR) is 112 cm³/mol. The lowest BCUT2D eigenvalue weighted by atomic mass is 9.90. The molecule has 0 atom stereocenters. The maximum atomic E-state index is 13.0. The van der Waals surface area contributed by atoms with Crippen LogP contribution in [-0.4, -0.2) is 15.9 Å². The van der Waals surface area contributed by atoms with E-state index in [9.17, 15) is 14.9 Å². The fraction of sp³-hybridized carbons (Fsp3) is 0.0476. The molecule has 140 valence electrons. The summed E-state index contributed by atoms with van der Waals surface area (Å²) in [6.07, 6.45) is 0. The third-order valence-corrected chi connectivity index (χ3v) is 4.32. The molecular weight excluding hydrogens is 374 g/mol. The molecule has 0 bridgehead atoms. The van der Waals surface area contributed by atoms with Gasteiger partial charge in [-0.15, -0.1) is 0 Å². The minimum absolute atomic E-state index is 0.00355. The van der Waals surface area contributed by atoms with Crippen molar-refractivity contribution >= 4 is 34.6 Å². The number of amides is 1. The number of para-hydroxylation sites is 2. The van der Waals surface area contributed by atoms with Gasteiger partial charge in [-0.2, -0.15) is 0 Å². The normalized spacial score (nSPS) is 10.3. The van der Waals surface area contributed by atoms with Crippen molar-refractivity contribution in [2.75, 3.05) is 5.32 Å². The quantitative estimate of drug-likeness (QED) is 0.386. The number of nitro benzene ring substituents is 1. The molecule has 0 aromatic heterocycles. The van der Waals surface area contributed by atoms with E-state index in [4.69, 9.17) is 12.2 Å². The van der Waals surface area contributed by atoms with Crippen molar-refractivity contribution in [3.8, 4) is 0 Å². The number of rotatable bonds is 5. The van der Waals surface area contributed by atoms with Gasteiger partial charge < -0.3 is 10.6 Å². The summed E-state index contributed by atoms with van der Waals surface area (Å²) in [5.74, 6) is -0.888. The van der Waals surface area contributed by atoms with E-state index in [-0.39, 0.29) is 22.4 Å². The fourth-order valence-electron chi connectivity index (χ4n) is 2.86. The van der Waals surface area contributed by atoms with Crippen molar-refractivity contribution in [3.63, 3.8) is 0 Å². The first-order chi connectivity index (χ1) is 13.6. The Morgan fingerprint density at radius 1 is 0.857 bits per heavy atom. The summed E-state index contributed by atoms with van der Waals surface area (Å²) in [5.41, 5.74) is 1.73. The topological polar surface area (TPSA) is 84.3 Å². The molecule has 0 saturated carbocycles. The highest BCUT2D eigenvalue weighted by atomic mass is 32.1. The van der Waals surface area contributed by atoms with Crippen LogP contribution in [0.4, 0.5) is 11.4 Å². The van der Waals surface area contributed by atoms with Gasteiger partial charge in [-0.25, -0.2) is 0 Å². The van der Waals surface area contributed by atoms with Crippen LogP contribution in [0.1, 0.15) is 17.0 Å². The monoisotopic (exact) mass is 391 g/mol. The number of anilines is 1. The number of nitrogens with zero attached hydrogens (tertiary/aromatic N) is 1. The summed E-state index contributed by atoms with van der Waals surface area (Å²) in [7, 11) is 0. The molecule has 0 aliphatic heterocycles. The number of hydrogen-bond acceptors (Lipinski definition) is 4. The van der Waals surface area contributed by atoms with E-state index in [1.165, 1.54) is 12.1 Å². The van der Waals surface area contributed by atoms with Gasteiger partial charge in [0.15, 0.2) is 5.11 Å².